The topological polar surface area (TPSA) is 60.2 Å². The quantitative estimate of drug-likeness (QED) is 0.912. The molecule has 0 radical (unpaired) electrons. The Kier molecular flexibility index (Phi) is 4.90. The summed E-state index contributed by atoms with van der Waals surface area (Å²) in [6.45, 7) is 1.04. The molecule has 2 unspecified atom stereocenters. The molecule has 1 aliphatic heterocycles. The summed E-state index contributed by atoms with van der Waals surface area (Å²) < 4.78 is 10.9. The van der Waals surface area contributed by atoms with Gasteiger partial charge in [0, 0.05) is 37.6 Å². The second-order valence-electron chi connectivity index (χ2n) is 5.00. The summed E-state index contributed by atoms with van der Waals surface area (Å²) >= 11 is 1.96. The van der Waals surface area contributed by atoms with Crippen molar-refractivity contribution in [3.63, 3.8) is 0 Å². The normalized spacial score (nSPS) is 20.3. The van der Waals surface area contributed by atoms with Crippen LogP contribution in [0, 0.1) is 0 Å². The summed E-state index contributed by atoms with van der Waals surface area (Å²) in [4.78, 5) is 4.50. The standard InChI is InChI=1S/C15H19N3O2S/c1-19-14(11-5-3-2-4-6-11)15-17-13(20-18-15)9-12-10-21-8-7-16-12/h2-6,12,14,16H,7-10H2,1H3. The monoisotopic (exact) mass is 305 g/mol. The highest BCUT2D eigenvalue weighted by Gasteiger charge is 2.22. The number of hydrogen-bond donors (Lipinski definition) is 1. The molecule has 3 rings (SSSR count). The zero-order valence-corrected chi connectivity index (χ0v) is 12.8. The molecule has 2 aromatic rings. The van der Waals surface area contributed by atoms with Gasteiger partial charge in [0.15, 0.2) is 0 Å². The fourth-order valence-corrected chi connectivity index (χ4v) is 3.39. The van der Waals surface area contributed by atoms with Crippen LogP contribution in [0.4, 0.5) is 0 Å². The van der Waals surface area contributed by atoms with Crippen molar-refractivity contribution in [2.75, 3.05) is 25.2 Å². The number of thioether (sulfide) groups is 1. The number of aromatic nitrogens is 2. The Labute approximate surface area is 128 Å². The molecule has 0 saturated carbocycles. The van der Waals surface area contributed by atoms with E-state index in [9.17, 15) is 0 Å². The van der Waals surface area contributed by atoms with Crippen molar-refractivity contribution in [1.29, 1.82) is 0 Å². The van der Waals surface area contributed by atoms with E-state index < -0.39 is 0 Å². The Hall–Kier alpha value is -1.37. The van der Waals surface area contributed by atoms with Crippen LogP contribution in [0.1, 0.15) is 23.4 Å². The fourth-order valence-electron chi connectivity index (χ4n) is 2.44. The van der Waals surface area contributed by atoms with E-state index in [1.54, 1.807) is 7.11 Å². The van der Waals surface area contributed by atoms with Crippen molar-refractivity contribution in [2.24, 2.45) is 0 Å². The zero-order chi connectivity index (χ0) is 14.5. The number of hydrogen-bond acceptors (Lipinski definition) is 6. The molecule has 6 heteroatoms. The lowest BCUT2D eigenvalue weighted by molar-refractivity contribution is 0.126. The number of ether oxygens (including phenoxy) is 1. The van der Waals surface area contributed by atoms with Gasteiger partial charge in [0.1, 0.15) is 6.10 Å². The molecular weight excluding hydrogens is 286 g/mol. The molecule has 1 aromatic carbocycles. The van der Waals surface area contributed by atoms with E-state index in [1.165, 1.54) is 5.75 Å². The molecule has 2 heterocycles. The number of benzene rings is 1. The minimum Gasteiger partial charge on any atom is -0.369 e. The van der Waals surface area contributed by atoms with Crippen LogP contribution in [-0.4, -0.2) is 41.3 Å². The smallest absolute Gasteiger partial charge is 0.228 e. The minimum atomic E-state index is -0.280. The first-order valence-corrected chi connectivity index (χ1v) is 8.23. The average molecular weight is 305 g/mol. The zero-order valence-electron chi connectivity index (χ0n) is 12.0. The molecule has 0 spiro atoms. The molecular formula is C15H19N3O2S. The summed E-state index contributed by atoms with van der Waals surface area (Å²) in [7, 11) is 1.66. The summed E-state index contributed by atoms with van der Waals surface area (Å²) in [6, 6.07) is 10.4. The average Bonchev–Trinajstić information content (AvgIpc) is 2.98. The van der Waals surface area contributed by atoms with Crippen LogP contribution in [0.2, 0.25) is 0 Å². The largest absolute Gasteiger partial charge is 0.369 e. The predicted molar refractivity (Wildman–Crippen MR) is 82.4 cm³/mol. The van der Waals surface area contributed by atoms with Gasteiger partial charge in [-0.15, -0.1) is 0 Å². The Morgan fingerprint density at radius 1 is 1.43 bits per heavy atom. The number of rotatable bonds is 5. The number of methoxy groups -OCH3 is 1. The third-order valence-corrected chi connectivity index (χ3v) is 4.61. The van der Waals surface area contributed by atoms with Crippen LogP contribution >= 0.6 is 11.8 Å². The molecule has 1 aliphatic rings. The molecule has 1 aromatic heterocycles. The molecule has 112 valence electrons. The van der Waals surface area contributed by atoms with E-state index in [1.807, 2.05) is 42.1 Å². The van der Waals surface area contributed by atoms with Gasteiger partial charge < -0.3 is 14.6 Å². The molecule has 2 atom stereocenters. The predicted octanol–water partition coefficient (Wildman–Crippen LogP) is 2.05. The summed E-state index contributed by atoms with van der Waals surface area (Å²) in [5.74, 6) is 3.51. The van der Waals surface area contributed by atoms with E-state index in [0.717, 1.165) is 24.3 Å². The van der Waals surface area contributed by atoms with Crippen molar-refractivity contribution >= 4 is 11.8 Å². The maximum absolute atomic E-state index is 5.52. The van der Waals surface area contributed by atoms with Gasteiger partial charge in [0.2, 0.25) is 11.7 Å². The van der Waals surface area contributed by atoms with Gasteiger partial charge in [0.25, 0.3) is 0 Å². The Bertz CT molecular complexity index is 555. The van der Waals surface area contributed by atoms with E-state index >= 15 is 0 Å². The van der Waals surface area contributed by atoms with Crippen molar-refractivity contribution in [2.45, 2.75) is 18.6 Å². The van der Waals surface area contributed by atoms with Crippen LogP contribution in [0.3, 0.4) is 0 Å². The Balaban J connectivity index is 1.71. The molecule has 1 saturated heterocycles. The molecule has 1 N–H and O–H groups in total. The SMILES string of the molecule is COC(c1ccccc1)c1noc(CC2CSCCN2)n1. The fraction of sp³-hybridized carbons (Fsp3) is 0.467. The van der Waals surface area contributed by atoms with Gasteiger partial charge in [-0.1, -0.05) is 35.5 Å². The number of nitrogens with zero attached hydrogens (tertiary/aromatic N) is 2. The van der Waals surface area contributed by atoms with Gasteiger partial charge in [-0.05, 0) is 5.56 Å². The van der Waals surface area contributed by atoms with Crippen LogP contribution in [0.5, 0.6) is 0 Å². The van der Waals surface area contributed by atoms with Crippen molar-refractivity contribution in [1.82, 2.24) is 15.5 Å². The lowest BCUT2D eigenvalue weighted by Crippen LogP contribution is -2.38. The van der Waals surface area contributed by atoms with Gasteiger partial charge in [0.05, 0.1) is 0 Å². The maximum atomic E-state index is 5.52. The second kappa shape index (κ2) is 7.06. The highest BCUT2D eigenvalue weighted by atomic mass is 32.2. The molecule has 0 aliphatic carbocycles. The van der Waals surface area contributed by atoms with Crippen LogP contribution in [0.25, 0.3) is 0 Å². The lowest BCUT2D eigenvalue weighted by Gasteiger charge is -2.21. The molecule has 0 bridgehead atoms. The van der Waals surface area contributed by atoms with Crippen molar-refractivity contribution in [3.05, 3.63) is 47.6 Å². The van der Waals surface area contributed by atoms with Crippen molar-refractivity contribution < 1.29 is 9.26 Å². The van der Waals surface area contributed by atoms with E-state index in [2.05, 4.69) is 15.5 Å². The Morgan fingerprint density at radius 3 is 3.00 bits per heavy atom. The van der Waals surface area contributed by atoms with Crippen molar-refractivity contribution in [3.8, 4) is 0 Å². The van der Waals surface area contributed by atoms with Crippen LogP contribution < -0.4 is 5.32 Å². The lowest BCUT2D eigenvalue weighted by atomic mass is 10.1. The second-order valence-corrected chi connectivity index (χ2v) is 6.15. The van der Waals surface area contributed by atoms with E-state index in [0.29, 0.717) is 17.8 Å². The first kappa shape index (κ1) is 14.6. The van der Waals surface area contributed by atoms with Gasteiger partial charge in [-0.3, -0.25) is 0 Å². The number of nitrogens with one attached hydrogen (secondary N) is 1. The highest BCUT2D eigenvalue weighted by Crippen LogP contribution is 2.23. The molecule has 5 nitrogen and oxygen atoms in total. The maximum Gasteiger partial charge on any atom is 0.228 e. The van der Waals surface area contributed by atoms with Gasteiger partial charge in [-0.25, -0.2) is 0 Å². The first-order valence-electron chi connectivity index (χ1n) is 7.08. The summed E-state index contributed by atoms with van der Waals surface area (Å²) in [5, 5.41) is 7.56. The third kappa shape index (κ3) is 3.64. The van der Waals surface area contributed by atoms with Gasteiger partial charge >= 0.3 is 0 Å². The van der Waals surface area contributed by atoms with Crippen LogP contribution in [0.15, 0.2) is 34.9 Å². The minimum absolute atomic E-state index is 0.280. The molecule has 0 amide bonds. The third-order valence-electron chi connectivity index (χ3n) is 3.48. The summed E-state index contributed by atoms with van der Waals surface area (Å²) in [5.41, 5.74) is 1.03. The molecule has 1 fully saturated rings. The first-order chi connectivity index (χ1) is 10.4. The highest BCUT2D eigenvalue weighted by molar-refractivity contribution is 7.99. The Morgan fingerprint density at radius 2 is 2.29 bits per heavy atom. The van der Waals surface area contributed by atoms with Crippen LogP contribution in [-0.2, 0) is 11.2 Å². The van der Waals surface area contributed by atoms with E-state index in [4.69, 9.17) is 9.26 Å². The van der Waals surface area contributed by atoms with E-state index in [-0.39, 0.29) is 6.10 Å². The van der Waals surface area contributed by atoms with Gasteiger partial charge in [-0.2, -0.15) is 16.7 Å². The summed E-state index contributed by atoms with van der Waals surface area (Å²) in [6.07, 6.45) is 0.489. The molecule has 21 heavy (non-hydrogen) atoms.